The second-order valence-electron chi connectivity index (χ2n) is 4.91. The Morgan fingerprint density at radius 1 is 1.15 bits per heavy atom. The lowest BCUT2D eigenvalue weighted by atomic mass is 10.2. The van der Waals surface area contributed by atoms with Crippen molar-refractivity contribution in [2.24, 2.45) is 0 Å². The Balaban J connectivity index is 1.63. The zero-order valence-corrected chi connectivity index (χ0v) is 12.3. The summed E-state index contributed by atoms with van der Waals surface area (Å²) in [5.74, 6) is 0. The van der Waals surface area contributed by atoms with Gasteiger partial charge >= 0.3 is 0 Å². The molecular formula is C14H18N4OS. The third-order valence-electron chi connectivity index (χ3n) is 3.53. The van der Waals surface area contributed by atoms with Crippen molar-refractivity contribution in [2.75, 3.05) is 36.0 Å². The van der Waals surface area contributed by atoms with Gasteiger partial charge in [0.25, 0.3) is 0 Å². The lowest BCUT2D eigenvalue weighted by molar-refractivity contribution is 0.194. The van der Waals surface area contributed by atoms with E-state index in [2.05, 4.69) is 19.8 Å². The highest BCUT2D eigenvalue weighted by atomic mass is 32.1. The minimum atomic E-state index is -0.509. The van der Waals surface area contributed by atoms with Crippen molar-refractivity contribution in [3.8, 4) is 0 Å². The van der Waals surface area contributed by atoms with Crippen molar-refractivity contribution < 1.29 is 5.11 Å². The number of hydrogen-bond donors (Lipinski definition) is 1. The summed E-state index contributed by atoms with van der Waals surface area (Å²) in [6.45, 7) is 5.62. The smallest absolute Gasteiger partial charge is 0.185 e. The molecule has 0 saturated carbocycles. The predicted molar refractivity (Wildman–Crippen MR) is 81.4 cm³/mol. The van der Waals surface area contributed by atoms with Crippen molar-refractivity contribution in [3.63, 3.8) is 0 Å². The van der Waals surface area contributed by atoms with Gasteiger partial charge < -0.3 is 14.9 Å². The summed E-state index contributed by atoms with van der Waals surface area (Å²) in [6.07, 6.45) is 3.19. The average Bonchev–Trinajstić information content (AvgIpc) is 3.02. The summed E-state index contributed by atoms with van der Waals surface area (Å²) in [4.78, 5) is 13.3. The topological polar surface area (TPSA) is 52.5 Å². The maximum atomic E-state index is 9.48. The van der Waals surface area contributed by atoms with E-state index in [4.69, 9.17) is 0 Å². The van der Waals surface area contributed by atoms with Crippen LogP contribution in [0.5, 0.6) is 0 Å². The zero-order valence-electron chi connectivity index (χ0n) is 11.4. The maximum absolute atomic E-state index is 9.48. The number of piperazine rings is 1. The number of nitrogens with zero attached hydrogens (tertiary/aromatic N) is 4. The summed E-state index contributed by atoms with van der Waals surface area (Å²) in [7, 11) is 0. The molecule has 1 N–H and O–H groups in total. The quantitative estimate of drug-likeness (QED) is 0.936. The van der Waals surface area contributed by atoms with Crippen LogP contribution >= 0.6 is 11.3 Å². The Hall–Kier alpha value is -1.66. The van der Waals surface area contributed by atoms with Crippen LogP contribution in [0, 0.1) is 0 Å². The molecule has 2 aromatic heterocycles. The third-order valence-corrected chi connectivity index (χ3v) is 4.37. The molecule has 0 amide bonds. The molecule has 106 valence electrons. The number of aliphatic hydroxyl groups excluding tert-OH is 1. The summed E-state index contributed by atoms with van der Waals surface area (Å²) < 4.78 is 0. The van der Waals surface area contributed by atoms with Gasteiger partial charge in [-0.15, -0.1) is 11.3 Å². The van der Waals surface area contributed by atoms with Crippen molar-refractivity contribution >= 4 is 22.2 Å². The molecule has 0 aromatic carbocycles. The molecule has 1 atom stereocenters. The molecule has 1 saturated heterocycles. The van der Waals surface area contributed by atoms with Crippen LogP contribution in [0.15, 0.2) is 29.9 Å². The van der Waals surface area contributed by atoms with E-state index in [-0.39, 0.29) is 0 Å². The van der Waals surface area contributed by atoms with Gasteiger partial charge in [0.2, 0.25) is 0 Å². The Kier molecular flexibility index (Phi) is 3.84. The molecule has 20 heavy (non-hydrogen) atoms. The highest BCUT2D eigenvalue weighted by molar-refractivity contribution is 7.13. The van der Waals surface area contributed by atoms with Crippen molar-refractivity contribution in [1.29, 1.82) is 0 Å². The maximum Gasteiger partial charge on any atom is 0.185 e. The van der Waals surface area contributed by atoms with Crippen molar-refractivity contribution in [2.45, 2.75) is 13.0 Å². The van der Waals surface area contributed by atoms with Crippen molar-refractivity contribution in [1.82, 2.24) is 9.97 Å². The molecule has 5 nitrogen and oxygen atoms in total. The lowest BCUT2D eigenvalue weighted by Crippen LogP contribution is -2.46. The second-order valence-corrected chi connectivity index (χ2v) is 5.78. The number of aliphatic hydroxyl groups is 1. The van der Waals surface area contributed by atoms with E-state index < -0.39 is 6.10 Å². The van der Waals surface area contributed by atoms with E-state index in [0.717, 1.165) is 42.7 Å². The first-order chi connectivity index (χ1) is 9.74. The number of hydrogen-bond acceptors (Lipinski definition) is 6. The summed E-state index contributed by atoms with van der Waals surface area (Å²) in [6, 6.07) is 3.93. The lowest BCUT2D eigenvalue weighted by Gasteiger charge is -2.35. The van der Waals surface area contributed by atoms with Crippen LogP contribution in [0.25, 0.3) is 0 Å². The Labute approximate surface area is 122 Å². The molecule has 0 unspecified atom stereocenters. The number of pyridine rings is 1. The zero-order chi connectivity index (χ0) is 13.9. The highest BCUT2D eigenvalue weighted by Crippen LogP contribution is 2.22. The Morgan fingerprint density at radius 3 is 2.45 bits per heavy atom. The fourth-order valence-corrected chi connectivity index (χ4v) is 3.06. The molecule has 6 heteroatoms. The molecule has 2 aromatic rings. The van der Waals surface area contributed by atoms with E-state index in [1.165, 1.54) is 0 Å². The van der Waals surface area contributed by atoms with Gasteiger partial charge in [-0.3, -0.25) is 4.98 Å². The average molecular weight is 290 g/mol. The number of anilines is 2. The largest absolute Gasteiger partial charge is 0.387 e. The van der Waals surface area contributed by atoms with Gasteiger partial charge in [0.15, 0.2) is 5.13 Å². The minimum absolute atomic E-state index is 0.509. The van der Waals surface area contributed by atoms with E-state index >= 15 is 0 Å². The SMILES string of the molecule is C[C@@H](O)c1ccc(N2CCN(c3nccs3)CC2)cn1. The van der Waals surface area contributed by atoms with Crippen molar-refractivity contribution in [3.05, 3.63) is 35.6 Å². The van der Waals surface area contributed by atoms with Gasteiger partial charge in [-0.1, -0.05) is 0 Å². The second kappa shape index (κ2) is 5.76. The standard InChI is InChI=1S/C14H18N4OS/c1-11(19)13-3-2-12(10-16-13)17-5-7-18(8-6-17)14-15-4-9-20-14/h2-4,9-11,19H,5-8H2,1H3/t11-/m1/s1. The van der Waals surface area contributed by atoms with E-state index in [1.807, 2.05) is 29.9 Å². The molecule has 0 spiro atoms. The van der Waals surface area contributed by atoms with E-state index in [9.17, 15) is 5.11 Å². The first-order valence-corrected chi connectivity index (χ1v) is 7.65. The van der Waals surface area contributed by atoms with Crippen LogP contribution < -0.4 is 9.80 Å². The fourth-order valence-electron chi connectivity index (χ4n) is 2.36. The van der Waals surface area contributed by atoms with Gasteiger partial charge in [-0.05, 0) is 19.1 Å². The molecule has 0 radical (unpaired) electrons. The molecule has 3 rings (SSSR count). The van der Waals surface area contributed by atoms with Crippen LogP contribution in [0.3, 0.4) is 0 Å². The van der Waals surface area contributed by atoms with Gasteiger partial charge in [0, 0.05) is 37.8 Å². The predicted octanol–water partition coefficient (Wildman–Crippen LogP) is 1.92. The number of aromatic nitrogens is 2. The molecular weight excluding hydrogens is 272 g/mol. The molecule has 3 heterocycles. The van der Waals surface area contributed by atoms with Gasteiger partial charge in [-0.25, -0.2) is 4.98 Å². The van der Waals surface area contributed by atoms with Crippen LogP contribution in [0.2, 0.25) is 0 Å². The molecule has 0 aliphatic carbocycles. The molecule has 1 aliphatic heterocycles. The van der Waals surface area contributed by atoms with Gasteiger partial charge in [0.05, 0.1) is 23.7 Å². The van der Waals surface area contributed by atoms with Gasteiger partial charge in [-0.2, -0.15) is 0 Å². The van der Waals surface area contributed by atoms with E-state index in [0.29, 0.717) is 0 Å². The Morgan fingerprint density at radius 2 is 1.90 bits per heavy atom. The molecule has 0 bridgehead atoms. The number of rotatable bonds is 3. The van der Waals surface area contributed by atoms with Crippen LogP contribution in [0.4, 0.5) is 10.8 Å². The molecule has 1 aliphatic rings. The third kappa shape index (κ3) is 2.76. The molecule has 1 fully saturated rings. The first-order valence-electron chi connectivity index (χ1n) is 6.77. The Bertz CT molecular complexity index is 533. The van der Waals surface area contributed by atoms with E-state index in [1.54, 1.807) is 18.3 Å². The minimum Gasteiger partial charge on any atom is -0.387 e. The fraction of sp³-hybridized carbons (Fsp3) is 0.429. The number of thiazole rings is 1. The first kappa shape index (κ1) is 13.3. The van der Waals surface area contributed by atoms with Crippen LogP contribution in [0.1, 0.15) is 18.7 Å². The highest BCUT2D eigenvalue weighted by Gasteiger charge is 2.19. The van der Waals surface area contributed by atoms with Crippen LogP contribution in [-0.4, -0.2) is 41.3 Å². The summed E-state index contributed by atoms with van der Waals surface area (Å²) >= 11 is 1.69. The summed E-state index contributed by atoms with van der Waals surface area (Å²) in [5.41, 5.74) is 1.84. The normalized spacial score (nSPS) is 17.3. The summed E-state index contributed by atoms with van der Waals surface area (Å²) in [5, 5.41) is 12.6. The van der Waals surface area contributed by atoms with Gasteiger partial charge in [0.1, 0.15) is 0 Å². The monoisotopic (exact) mass is 290 g/mol. The van der Waals surface area contributed by atoms with Crippen LogP contribution in [-0.2, 0) is 0 Å².